The Balaban J connectivity index is 0.000000220. The van der Waals surface area contributed by atoms with E-state index in [1.165, 1.54) is 5.56 Å². The summed E-state index contributed by atoms with van der Waals surface area (Å²) in [5.74, 6) is 0.676. The van der Waals surface area contributed by atoms with Crippen molar-refractivity contribution < 1.29 is 10.2 Å². The fourth-order valence-corrected chi connectivity index (χ4v) is 1.93. The molecule has 0 unspecified atom stereocenters. The van der Waals surface area contributed by atoms with Crippen LogP contribution in [0, 0.1) is 0 Å². The Bertz CT molecular complexity index is 584. The molecule has 0 atom stereocenters. The normalized spacial score (nSPS) is 11.5. The van der Waals surface area contributed by atoms with Crippen molar-refractivity contribution in [3.8, 4) is 11.5 Å². The molecule has 0 bridgehead atoms. The summed E-state index contributed by atoms with van der Waals surface area (Å²) in [4.78, 5) is 0. The standard InChI is InChI=1S/2C10H14O/c1-10(2,3)8-4-6-9(11)7-5-8;1-10(2,3)8-5-4-6-9(11)7-8/h2*4-7,11H,1-3H3. The van der Waals surface area contributed by atoms with Crippen molar-refractivity contribution >= 4 is 0 Å². The maximum atomic E-state index is 9.18. The predicted molar refractivity (Wildman–Crippen MR) is 93.6 cm³/mol. The van der Waals surface area contributed by atoms with Gasteiger partial charge in [-0.3, -0.25) is 0 Å². The lowest BCUT2D eigenvalue weighted by Crippen LogP contribution is -2.10. The van der Waals surface area contributed by atoms with E-state index < -0.39 is 0 Å². The summed E-state index contributed by atoms with van der Waals surface area (Å²) in [7, 11) is 0. The van der Waals surface area contributed by atoms with Crippen molar-refractivity contribution in [1.29, 1.82) is 0 Å². The van der Waals surface area contributed by atoms with Gasteiger partial charge in [-0.25, -0.2) is 0 Å². The molecule has 120 valence electrons. The van der Waals surface area contributed by atoms with Crippen molar-refractivity contribution in [2.75, 3.05) is 0 Å². The smallest absolute Gasteiger partial charge is 0.115 e. The van der Waals surface area contributed by atoms with Gasteiger partial charge in [0.25, 0.3) is 0 Å². The molecule has 2 N–H and O–H groups in total. The van der Waals surface area contributed by atoms with Crippen LogP contribution in [0.1, 0.15) is 52.7 Å². The van der Waals surface area contributed by atoms with Crippen LogP contribution in [0.3, 0.4) is 0 Å². The maximum absolute atomic E-state index is 9.18. The first-order valence-corrected chi connectivity index (χ1v) is 7.59. The average molecular weight is 300 g/mol. The third-order valence-corrected chi connectivity index (χ3v) is 3.45. The van der Waals surface area contributed by atoms with Gasteiger partial charge >= 0.3 is 0 Å². The van der Waals surface area contributed by atoms with Crippen LogP contribution in [0.15, 0.2) is 48.5 Å². The number of aromatic hydroxyl groups is 2. The van der Waals surface area contributed by atoms with Crippen molar-refractivity contribution in [3.05, 3.63) is 59.7 Å². The quantitative estimate of drug-likeness (QED) is 0.685. The molecule has 2 aromatic carbocycles. The molecular formula is C20H28O2. The SMILES string of the molecule is CC(C)(C)c1ccc(O)cc1.CC(C)(C)c1cccc(O)c1. The number of hydrogen-bond acceptors (Lipinski definition) is 2. The van der Waals surface area contributed by atoms with E-state index in [1.807, 2.05) is 24.3 Å². The second kappa shape index (κ2) is 6.87. The lowest BCUT2D eigenvalue weighted by Gasteiger charge is -2.18. The molecule has 22 heavy (non-hydrogen) atoms. The van der Waals surface area contributed by atoms with Gasteiger partial charge < -0.3 is 10.2 Å². The lowest BCUT2D eigenvalue weighted by molar-refractivity contribution is 0.471. The highest BCUT2D eigenvalue weighted by molar-refractivity contribution is 5.31. The fraction of sp³-hybridized carbons (Fsp3) is 0.400. The first kappa shape index (κ1) is 18.1. The van der Waals surface area contributed by atoms with Crippen LogP contribution in [0.25, 0.3) is 0 Å². The zero-order valence-corrected chi connectivity index (χ0v) is 14.5. The minimum absolute atomic E-state index is 0.124. The van der Waals surface area contributed by atoms with Gasteiger partial charge in [-0.15, -0.1) is 0 Å². The molecule has 2 aromatic rings. The second-order valence-corrected chi connectivity index (χ2v) is 7.60. The van der Waals surface area contributed by atoms with Crippen molar-refractivity contribution in [2.45, 2.75) is 52.4 Å². The fourth-order valence-electron chi connectivity index (χ4n) is 1.93. The Morgan fingerprint density at radius 2 is 1.09 bits per heavy atom. The molecule has 2 nitrogen and oxygen atoms in total. The molecule has 0 amide bonds. The number of benzene rings is 2. The van der Waals surface area contributed by atoms with Gasteiger partial charge in [-0.05, 0) is 46.2 Å². The molecule has 2 rings (SSSR count). The monoisotopic (exact) mass is 300 g/mol. The molecule has 0 aliphatic heterocycles. The van der Waals surface area contributed by atoms with Crippen LogP contribution in [0.5, 0.6) is 11.5 Å². The minimum Gasteiger partial charge on any atom is -0.508 e. The third kappa shape index (κ3) is 5.80. The van der Waals surface area contributed by atoms with Gasteiger partial charge in [0.15, 0.2) is 0 Å². The molecule has 0 fully saturated rings. The molecule has 0 aliphatic carbocycles. The maximum Gasteiger partial charge on any atom is 0.115 e. The summed E-state index contributed by atoms with van der Waals surface area (Å²) in [6.45, 7) is 12.8. The molecule has 0 radical (unpaired) electrons. The second-order valence-electron chi connectivity index (χ2n) is 7.60. The summed E-state index contributed by atoms with van der Waals surface area (Å²) in [6, 6.07) is 14.7. The predicted octanol–water partition coefficient (Wildman–Crippen LogP) is 5.38. The van der Waals surface area contributed by atoms with Crippen LogP contribution in [0.4, 0.5) is 0 Å². The van der Waals surface area contributed by atoms with E-state index in [-0.39, 0.29) is 10.8 Å². The average Bonchev–Trinajstić information content (AvgIpc) is 2.38. The van der Waals surface area contributed by atoms with Gasteiger partial charge in [0.05, 0.1) is 0 Å². The van der Waals surface area contributed by atoms with Gasteiger partial charge in [0.1, 0.15) is 11.5 Å². The Morgan fingerprint density at radius 1 is 0.591 bits per heavy atom. The topological polar surface area (TPSA) is 40.5 Å². The summed E-state index contributed by atoms with van der Waals surface area (Å²) < 4.78 is 0. The number of hydrogen-bond donors (Lipinski definition) is 2. The number of phenols is 2. The summed E-state index contributed by atoms with van der Waals surface area (Å²) >= 11 is 0. The van der Waals surface area contributed by atoms with Gasteiger partial charge in [0, 0.05) is 0 Å². The highest BCUT2D eigenvalue weighted by atomic mass is 16.3. The van der Waals surface area contributed by atoms with E-state index in [0.717, 1.165) is 5.56 Å². The van der Waals surface area contributed by atoms with Crippen molar-refractivity contribution in [1.82, 2.24) is 0 Å². The first-order chi connectivity index (χ1) is 10.00. The van der Waals surface area contributed by atoms with Crippen molar-refractivity contribution in [2.24, 2.45) is 0 Å². The van der Waals surface area contributed by atoms with Crippen LogP contribution in [-0.4, -0.2) is 10.2 Å². The van der Waals surface area contributed by atoms with E-state index in [1.54, 1.807) is 24.3 Å². The molecule has 0 saturated carbocycles. The number of phenolic OH excluding ortho intramolecular Hbond substituents is 2. The lowest BCUT2D eigenvalue weighted by atomic mass is 9.87. The summed E-state index contributed by atoms with van der Waals surface area (Å²) in [5, 5.41) is 18.2. The van der Waals surface area contributed by atoms with Crippen LogP contribution < -0.4 is 0 Å². The van der Waals surface area contributed by atoms with Crippen LogP contribution in [-0.2, 0) is 10.8 Å². The summed E-state index contributed by atoms with van der Waals surface area (Å²) in [6.07, 6.45) is 0. The molecule has 0 saturated heterocycles. The van der Waals surface area contributed by atoms with Gasteiger partial charge in [0.2, 0.25) is 0 Å². The zero-order valence-electron chi connectivity index (χ0n) is 14.5. The van der Waals surface area contributed by atoms with Crippen LogP contribution >= 0.6 is 0 Å². The van der Waals surface area contributed by atoms with E-state index in [0.29, 0.717) is 11.5 Å². The van der Waals surface area contributed by atoms with E-state index >= 15 is 0 Å². The largest absolute Gasteiger partial charge is 0.508 e. The molecule has 0 heterocycles. The zero-order chi connectivity index (χ0) is 17.0. The molecule has 2 heteroatoms. The highest BCUT2D eigenvalue weighted by Gasteiger charge is 2.13. The first-order valence-electron chi connectivity index (χ1n) is 7.59. The highest BCUT2D eigenvalue weighted by Crippen LogP contribution is 2.25. The Labute approximate surface area is 134 Å². The third-order valence-electron chi connectivity index (χ3n) is 3.45. The number of rotatable bonds is 0. The Hall–Kier alpha value is -1.96. The minimum atomic E-state index is 0.124. The molecule has 0 aliphatic rings. The molecule has 0 aromatic heterocycles. The Morgan fingerprint density at radius 3 is 1.45 bits per heavy atom. The summed E-state index contributed by atoms with van der Waals surface area (Å²) in [5.41, 5.74) is 2.71. The van der Waals surface area contributed by atoms with Crippen molar-refractivity contribution in [3.63, 3.8) is 0 Å². The Kier molecular flexibility index (Phi) is 5.65. The molecule has 0 spiro atoms. The van der Waals surface area contributed by atoms with E-state index in [4.69, 9.17) is 5.11 Å². The van der Waals surface area contributed by atoms with Gasteiger partial charge in [-0.1, -0.05) is 65.8 Å². The van der Waals surface area contributed by atoms with Crippen LogP contribution in [0.2, 0.25) is 0 Å². The molecular weight excluding hydrogens is 272 g/mol. The van der Waals surface area contributed by atoms with E-state index in [9.17, 15) is 5.11 Å². The van der Waals surface area contributed by atoms with E-state index in [2.05, 4.69) is 41.5 Å². The van der Waals surface area contributed by atoms with Gasteiger partial charge in [-0.2, -0.15) is 0 Å².